The monoisotopic (exact) mass is 444 g/mol. The molecule has 3 rings (SSSR count). The molecule has 0 saturated carbocycles. The van der Waals surface area contributed by atoms with Crippen molar-refractivity contribution < 1.29 is 13.2 Å². The Morgan fingerprint density at radius 1 is 1.00 bits per heavy atom. The number of aryl methyl sites for hydroxylation is 1. The highest BCUT2D eigenvalue weighted by atomic mass is 32.2. The summed E-state index contributed by atoms with van der Waals surface area (Å²) in [5, 5.41) is 10.4. The molecule has 0 fully saturated rings. The van der Waals surface area contributed by atoms with E-state index in [-0.39, 0.29) is 15.4 Å². The summed E-state index contributed by atoms with van der Waals surface area (Å²) < 4.78 is 28.6. The lowest BCUT2D eigenvalue weighted by molar-refractivity contribution is -0.123. The molecule has 2 N–H and O–H groups in total. The molecule has 1 atom stereocenters. The van der Waals surface area contributed by atoms with Gasteiger partial charge in [-0.2, -0.15) is 4.72 Å². The number of nitrogens with one attached hydrogen (secondary N) is 2. The molecule has 158 valence electrons. The topological polar surface area (TPSA) is 101 Å². The van der Waals surface area contributed by atoms with Gasteiger partial charge in [0, 0.05) is 5.41 Å². The Balaban J connectivity index is 1.90. The van der Waals surface area contributed by atoms with Crippen LogP contribution in [0, 0.1) is 12.3 Å². The van der Waals surface area contributed by atoms with Crippen molar-refractivity contribution >= 4 is 32.4 Å². The minimum absolute atomic E-state index is 0.141. The summed E-state index contributed by atoms with van der Waals surface area (Å²) in [5.74, 6) is -0.266. The molecule has 9 heteroatoms. The van der Waals surface area contributed by atoms with Crippen molar-refractivity contribution in [3.63, 3.8) is 0 Å². The minimum atomic E-state index is -3.98. The number of amides is 1. The molecular weight excluding hydrogens is 420 g/mol. The van der Waals surface area contributed by atoms with Gasteiger partial charge in [-0.3, -0.25) is 4.79 Å². The van der Waals surface area contributed by atoms with E-state index in [4.69, 9.17) is 0 Å². The highest BCUT2D eigenvalue weighted by molar-refractivity contribution is 7.91. The SMILES string of the molecule is Cc1cccc([C@H](NS(=O)(=O)c2nnc(NC(=O)C(C)(C)C)s2)c2ccccc2)c1. The van der Waals surface area contributed by atoms with Crippen LogP contribution in [0.1, 0.15) is 43.5 Å². The van der Waals surface area contributed by atoms with Crippen molar-refractivity contribution in [2.24, 2.45) is 5.41 Å². The number of hydrogen-bond acceptors (Lipinski definition) is 6. The number of carbonyl (C=O) groups excluding carboxylic acids is 1. The Morgan fingerprint density at radius 2 is 1.67 bits per heavy atom. The van der Waals surface area contributed by atoms with Crippen LogP contribution in [-0.4, -0.2) is 24.5 Å². The molecule has 30 heavy (non-hydrogen) atoms. The van der Waals surface area contributed by atoms with E-state index >= 15 is 0 Å². The van der Waals surface area contributed by atoms with Crippen molar-refractivity contribution in [2.45, 2.75) is 38.1 Å². The standard InChI is InChI=1S/C21H24N4O3S2/c1-14-9-8-12-16(13-14)17(15-10-6-5-7-11-15)25-30(27,28)20-24-23-19(29-20)22-18(26)21(2,3)4/h5-13,17,25H,1-4H3,(H,22,23,26)/t17-/m1/s1. The molecule has 0 saturated heterocycles. The molecular formula is C21H24N4O3S2. The minimum Gasteiger partial charge on any atom is -0.300 e. The number of sulfonamides is 1. The van der Waals surface area contributed by atoms with Gasteiger partial charge in [-0.15, -0.1) is 10.2 Å². The maximum atomic E-state index is 13.1. The first-order valence-electron chi connectivity index (χ1n) is 9.35. The summed E-state index contributed by atoms with van der Waals surface area (Å²) in [7, 11) is -3.98. The number of carbonyl (C=O) groups is 1. The summed E-state index contributed by atoms with van der Waals surface area (Å²) in [5.41, 5.74) is 2.01. The van der Waals surface area contributed by atoms with Gasteiger partial charge in [-0.05, 0) is 18.1 Å². The molecule has 0 bridgehead atoms. The quantitative estimate of drug-likeness (QED) is 0.562. The zero-order chi connectivity index (χ0) is 21.9. The Hall–Kier alpha value is -2.62. The van der Waals surface area contributed by atoms with Gasteiger partial charge in [0.05, 0.1) is 6.04 Å². The van der Waals surface area contributed by atoms with Crippen LogP contribution in [0.15, 0.2) is 58.9 Å². The first kappa shape index (κ1) is 22.1. The van der Waals surface area contributed by atoms with E-state index in [1.165, 1.54) is 0 Å². The van der Waals surface area contributed by atoms with Gasteiger partial charge in [-0.1, -0.05) is 92.3 Å². The molecule has 0 aliphatic carbocycles. The lowest BCUT2D eigenvalue weighted by Gasteiger charge is -2.19. The summed E-state index contributed by atoms with van der Waals surface area (Å²) in [6.45, 7) is 7.23. The van der Waals surface area contributed by atoms with Crippen molar-refractivity contribution in [2.75, 3.05) is 5.32 Å². The third-order valence-electron chi connectivity index (χ3n) is 4.32. The molecule has 0 aliphatic heterocycles. The first-order chi connectivity index (χ1) is 14.1. The number of rotatable bonds is 6. The zero-order valence-electron chi connectivity index (χ0n) is 17.2. The van der Waals surface area contributed by atoms with Crippen LogP contribution in [0.4, 0.5) is 5.13 Å². The number of hydrogen-bond donors (Lipinski definition) is 2. The second kappa shape index (κ2) is 8.63. The fourth-order valence-corrected chi connectivity index (χ4v) is 4.81. The van der Waals surface area contributed by atoms with Gasteiger partial charge in [0.1, 0.15) is 0 Å². The fraction of sp³-hybridized carbons (Fsp3) is 0.286. The van der Waals surface area contributed by atoms with Crippen LogP contribution in [0.2, 0.25) is 0 Å². The van der Waals surface area contributed by atoms with Crippen molar-refractivity contribution in [1.29, 1.82) is 0 Å². The van der Waals surface area contributed by atoms with E-state index in [1.54, 1.807) is 20.8 Å². The van der Waals surface area contributed by atoms with Crippen LogP contribution in [0.3, 0.4) is 0 Å². The van der Waals surface area contributed by atoms with Crippen LogP contribution >= 0.6 is 11.3 Å². The third-order valence-corrected chi connectivity index (χ3v) is 6.95. The van der Waals surface area contributed by atoms with Gasteiger partial charge in [0.15, 0.2) is 0 Å². The molecule has 1 aromatic heterocycles. The normalized spacial score (nSPS) is 13.1. The third kappa shape index (κ3) is 5.29. The largest absolute Gasteiger partial charge is 0.300 e. The molecule has 2 aromatic carbocycles. The second-order valence-electron chi connectivity index (χ2n) is 7.96. The second-order valence-corrected chi connectivity index (χ2v) is 10.8. The lowest BCUT2D eigenvalue weighted by Crippen LogP contribution is -2.29. The van der Waals surface area contributed by atoms with E-state index < -0.39 is 21.5 Å². The molecule has 1 heterocycles. The molecule has 3 aromatic rings. The Bertz CT molecular complexity index is 1140. The van der Waals surface area contributed by atoms with E-state index in [0.29, 0.717) is 0 Å². The number of aromatic nitrogens is 2. The van der Waals surface area contributed by atoms with Gasteiger partial charge in [-0.25, -0.2) is 8.42 Å². The maximum Gasteiger partial charge on any atom is 0.270 e. The smallest absolute Gasteiger partial charge is 0.270 e. The van der Waals surface area contributed by atoms with Gasteiger partial charge < -0.3 is 5.32 Å². The Kier molecular flexibility index (Phi) is 6.35. The number of anilines is 1. The Labute approximate surface area is 180 Å². The molecule has 0 aliphatic rings. The van der Waals surface area contributed by atoms with E-state index in [9.17, 15) is 13.2 Å². The van der Waals surface area contributed by atoms with Gasteiger partial charge in [0.2, 0.25) is 15.4 Å². The number of nitrogens with zero attached hydrogens (tertiary/aromatic N) is 2. The molecule has 7 nitrogen and oxygen atoms in total. The number of benzene rings is 2. The lowest BCUT2D eigenvalue weighted by atomic mass is 9.96. The molecule has 0 spiro atoms. The maximum absolute atomic E-state index is 13.1. The fourth-order valence-electron chi connectivity index (χ4n) is 2.68. The van der Waals surface area contributed by atoms with Crippen LogP contribution in [0.5, 0.6) is 0 Å². The molecule has 1 amide bonds. The Morgan fingerprint density at radius 3 is 2.30 bits per heavy atom. The van der Waals surface area contributed by atoms with E-state index in [0.717, 1.165) is 28.0 Å². The molecule has 0 radical (unpaired) electrons. The van der Waals surface area contributed by atoms with Crippen molar-refractivity contribution in [1.82, 2.24) is 14.9 Å². The summed E-state index contributed by atoms with van der Waals surface area (Å²) in [6, 6.07) is 16.4. The first-order valence-corrected chi connectivity index (χ1v) is 11.6. The van der Waals surface area contributed by atoms with Crippen molar-refractivity contribution in [3.05, 3.63) is 71.3 Å². The van der Waals surface area contributed by atoms with Crippen molar-refractivity contribution in [3.8, 4) is 0 Å². The van der Waals surface area contributed by atoms with Crippen LogP contribution in [0.25, 0.3) is 0 Å². The van der Waals surface area contributed by atoms with Crippen LogP contribution in [-0.2, 0) is 14.8 Å². The predicted molar refractivity (Wildman–Crippen MR) is 118 cm³/mol. The zero-order valence-corrected chi connectivity index (χ0v) is 18.8. The highest BCUT2D eigenvalue weighted by Gasteiger charge is 2.28. The van der Waals surface area contributed by atoms with Crippen LogP contribution < -0.4 is 10.0 Å². The average molecular weight is 445 g/mol. The van der Waals surface area contributed by atoms with E-state index in [1.807, 2.05) is 61.5 Å². The summed E-state index contributed by atoms with van der Waals surface area (Å²) in [6.07, 6.45) is 0. The molecule has 0 unspecified atom stereocenters. The average Bonchev–Trinajstić information content (AvgIpc) is 3.16. The highest BCUT2D eigenvalue weighted by Crippen LogP contribution is 2.28. The predicted octanol–water partition coefficient (Wildman–Crippen LogP) is 3.90. The van der Waals surface area contributed by atoms with E-state index in [2.05, 4.69) is 20.2 Å². The summed E-state index contributed by atoms with van der Waals surface area (Å²) in [4.78, 5) is 12.1. The van der Waals surface area contributed by atoms with Gasteiger partial charge in [0.25, 0.3) is 10.0 Å². The van der Waals surface area contributed by atoms with Gasteiger partial charge >= 0.3 is 0 Å². The summed E-state index contributed by atoms with van der Waals surface area (Å²) >= 11 is 0.815.